The Labute approximate surface area is 82.9 Å². The van der Waals surface area contributed by atoms with Gasteiger partial charge in [-0.05, 0) is 24.3 Å². The third-order valence-corrected chi connectivity index (χ3v) is 1.48. The second kappa shape index (κ2) is 5.64. The zero-order valence-electron chi connectivity index (χ0n) is 7.56. The number of nitriles is 1. The summed E-state index contributed by atoms with van der Waals surface area (Å²) in [5.41, 5.74) is 0.599. The number of hydrogen-bond donors (Lipinski definition) is 0. The average Bonchev–Trinajstić information content (AvgIpc) is 2.25. The first kappa shape index (κ1) is 10.1. The second-order valence-corrected chi connectivity index (χ2v) is 2.45. The summed E-state index contributed by atoms with van der Waals surface area (Å²) < 4.78 is 10.1. The van der Waals surface area contributed by atoms with E-state index in [0.717, 1.165) is 0 Å². The Morgan fingerprint density at radius 1 is 1.29 bits per heavy atom. The molecule has 0 unspecified atom stereocenters. The van der Waals surface area contributed by atoms with Crippen molar-refractivity contribution in [2.45, 2.75) is 0 Å². The fourth-order valence-corrected chi connectivity index (χ4v) is 0.836. The summed E-state index contributed by atoms with van der Waals surface area (Å²) in [6.07, 6.45) is 4.98. The lowest BCUT2D eigenvalue weighted by atomic mass is 10.2. The molecule has 1 aromatic carbocycles. The molecule has 0 atom stereocenters. The standard InChI is InChI=1S/C11H9NO2/c1-2-7-13-9-14-11-5-3-10(8-12)4-6-11/h1,3-6H,7,9H2. The quantitative estimate of drug-likeness (QED) is 0.408. The fraction of sp³-hybridized carbons (Fsp3) is 0.182. The van der Waals surface area contributed by atoms with Gasteiger partial charge in [0.1, 0.15) is 12.4 Å². The maximum Gasteiger partial charge on any atom is 0.190 e. The Morgan fingerprint density at radius 3 is 2.57 bits per heavy atom. The summed E-state index contributed by atoms with van der Waals surface area (Å²) in [6.45, 7) is 0.354. The van der Waals surface area contributed by atoms with Crippen molar-refractivity contribution in [2.75, 3.05) is 13.4 Å². The molecule has 14 heavy (non-hydrogen) atoms. The number of rotatable bonds is 4. The molecule has 0 aromatic heterocycles. The highest BCUT2D eigenvalue weighted by molar-refractivity contribution is 5.34. The maximum absolute atomic E-state index is 8.54. The topological polar surface area (TPSA) is 42.2 Å². The molecule has 0 saturated heterocycles. The van der Waals surface area contributed by atoms with Crippen LogP contribution >= 0.6 is 0 Å². The molecule has 0 saturated carbocycles. The van der Waals surface area contributed by atoms with Crippen LogP contribution in [-0.2, 0) is 4.74 Å². The van der Waals surface area contributed by atoms with Gasteiger partial charge in [-0.25, -0.2) is 0 Å². The highest BCUT2D eigenvalue weighted by Gasteiger charge is 1.93. The van der Waals surface area contributed by atoms with Crippen LogP contribution in [0.5, 0.6) is 5.75 Å². The molecule has 0 spiro atoms. The third kappa shape index (κ3) is 3.18. The van der Waals surface area contributed by atoms with E-state index in [1.807, 2.05) is 6.07 Å². The van der Waals surface area contributed by atoms with E-state index < -0.39 is 0 Å². The highest BCUT2D eigenvalue weighted by atomic mass is 16.7. The van der Waals surface area contributed by atoms with E-state index in [-0.39, 0.29) is 13.4 Å². The van der Waals surface area contributed by atoms with E-state index in [1.54, 1.807) is 24.3 Å². The molecule has 1 rings (SSSR count). The molecule has 0 radical (unpaired) electrons. The first-order valence-corrected chi connectivity index (χ1v) is 4.01. The first-order chi connectivity index (χ1) is 6.86. The normalized spacial score (nSPS) is 8.71. The third-order valence-electron chi connectivity index (χ3n) is 1.48. The van der Waals surface area contributed by atoms with E-state index >= 15 is 0 Å². The van der Waals surface area contributed by atoms with Gasteiger partial charge in [0.05, 0.1) is 11.6 Å². The lowest BCUT2D eigenvalue weighted by Gasteiger charge is -2.04. The molecular formula is C11H9NO2. The summed E-state index contributed by atoms with van der Waals surface area (Å²) in [6, 6.07) is 8.78. The van der Waals surface area contributed by atoms with Crippen molar-refractivity contribution in [1.29, 1.82) is 5.26 Å². The van der Waals surface area contributed by atoms with Crippen LogP contribution in [0.25, 0.3) is 0 Å². The molecular weight excluding hydrogens is 178 g/mol. The minimum absolute atomic E-state index is 0.121. The minimum Gasteiger partial charge on any atom is -0.468 e. The Balaban J connectivity index is 2.38. The van der Waals surface area contributed by atoms with Crippen molar-refractivity contribution in [3.8, 4) is 24.2 Å². The zero-order valence-corrected chi connectivity index (χ0v) is 7.56. The van der Waals surface area contributed by atoms with Crippen molar-refractivity contribution in [3.63, 3.8) is 0 Å². The highest BCUT2D eigenvalue weighted by Crippen LogP contribution is 2.11. The molecule has 3 heteroatoms. The SMILES string of the molecule is C#CCOCOc1ccc(C#N)cc1. The predicted octanol–water partition coefficient (Wildman–Crippen LogP) is 1.54. The average molecular weight is 187 g/mol. The monoisotopic (exact) mass is 187 g/mol. The van der Waals surface area contributed by atoms with Gasteiger partial charge >= 0.3 is 0 Å². The van der Waals surface area contributed by atoms with Crippen molar-refractivity contribution in [1.82, 2.24) is 0 Å². The fourth-order valence-electron chi connectivity index (χ4n) is 0.836. The van der Waals surface area contributed by atoms with Gasteiger partial charge in [0.2, 0.25) is 0 Å². The van der Waals surface area contributed by atoms with Crippen LogP contribution in [0.15, 0.2) is 24.3 Å². The molecule has 0 N–H and O–H groups in total. The van der Waals surface area contributed by atoms with Crippen molar-refractivity contribution >= 4 is 0 Å². The molecule has 0 aliphatic carbocycles. The summed E-state index contributed by atoms with van der Waals surface area (Å²) in [5.74, 6) is 2.98. The van der Waals surface area contributed by atoms with Gasteiger partial charge in [-0.15, -0.1) is 6.42 Å². The number of benzene rings is 1. The Kier molecular flexibility index (Phi) is 4.07. The van der Waals surface area contributed by atoms with Gasteiger partial charge in [0, 0.05) is 0 Å². The summed E-state index contributed by atoms with van der Waals surface area (Å²) in [7, 11) is 0. The van der Waals surface area contributed by atoms with Gasteiger partial charge < -0.3 is 9.47 Å². The molecule has 0 fully saturated rings. The van der Waals surface area contributed by atoms with Crippen LogP contribution in [0.1, 0.15) is 5.56 Å². The van der Waals surface area contributed by atoms with Crippen LogP contribution in [0.2, 0.25) is 0 Å². The Hall–Kier alpha value is -1.97. The first-order valence-electron chi connectivity index (χ1n) is 4.01. The van der Waals surface area contributed by atoms with E-state index in [2.05, 4.69) is 5.92 Å². The molecule has 70 valence electrons. The van der Waals surface area contributed by atoms with Crippen LogP contribution in [0, 0.1) is 23.7 Å². The predicted molar refractivity (Wildman–Crippen MR) is 51.4 cm³/mol. The summed E-state index contributed by atoms with van der Waals surface area (Å²) in [5, 5.41) is 8.54. The summed E-state index contributed by atoms with van der Waals surface area (Å²) >= 11 is 0. The van der Waals surface area contributed by atoms with Crippen molar-refractivity contribution in [3.05, 3.63) is 29.8 Å². The molecule has 0 aliphatic rings. The van der Waals surface area contributed by atoms with E-state index in [1.165, 1.54) is 0 Å². The smallest absolute Gasteiger partial charge is 0.190 e. The molecule has 0 aliphatic heterocycles. The number of nitrogens with zero attached hydrogens (tertiary/aromatic N) is 1. The largest absolute Gasteiger partial charge is 0.468 e. The molecule has 3 nitrogen and oxygen atoms in total. The lowest BCUT2D eigenvalue weighted by molar-refractivity contribution is 0.0333. The van der Waals surface area contributed by atoms with Crippen LogP contribution in [-0.4, -0.2) is 13.4 Å². The molecule has 0 amide bonds. The van der Waals surface area contributed by atoms with Crippen LogP contribution in [0.3, 0.4) is 0 Å². The van der Waals surface area contributed by atoms with Gasteiger partial charge in [-0.3, -0.25) is 0 Å². The van der Waals surface area contributed by atoms with Gasteiger partial charge in [-0.1, -0.05) is 5.92 Å². The lowest BCUT2D eigenvalue weighted by Crippen LogP contribution is -2.02. The minimum atomic E-state index is 0.121. The molecule has 0 bridgehead atoms. The maximum atomic E-state index is 8.54. The number of ether oxygens (including phenoxy) is 2. The van der Waals surface area contributed by atoms with E-state index in [4.69, 9.17) is 21.2 Å². The molecule has 0 heterocycles. The van der Waals surface area contributed by atoms with Crippen LogP contribution < -0.4 is 4.74 Å². The number of terminal acetylenes is 1. The Bertz CT molecular complexity index is 356. The zero-order chi connectivity index (χ0) is 10.2. The second-order valence-electron chi connectivity index (χ2n) is 2.45. The van der Waals surface area contributed by atoms with E-state index in [9.17, 15) is 0 Å². The van der Waals surface area contributed by atoms with Crippen LogP contribution in [0.4, 0.5) is 0 Å². The summed E-state index contributed by atoms with van der Waals surface area (Å²) in [4.78, 5) is 0. The Morgan fingerprint density at radius 2 is 2.00 bits per heavy atom. The van der Waals surface area contributed by atoms with Gasteiger partial charge in [0.25, 0.3) is 0 Å². The number of hydrogen-bond acceptors (Lipinski definition) is 3. The van der Waals surface area contributed by atoms with Crippen molar-refractivity contribution < 1.29 is 9.47 Å². The van der Waals surface area contributed by atoms with Gasteiger partial charge in [0.15, 0.2) is 6.79 Å². The molecule has 1 aromatic rings. The van der Waals surface area contributed by atoms with Gasteiger partial charge in [-0.2, -0.15) is 5.26 Å². The van der Waals surface area contributed by atoms with E-state index in [0.29, 0.717) is 11.3 Å². The van der Waals surface area contributed by atoms with Crippen molar-refractivity contribution in [2.24, 2.45) is 0 Å².